The summed E-state index contributed by atoms with van der Waals surface area (Å²) in [6, 6.07) is 51.2. The summed E-state index contributed by atoms with van der Waals surface area (Å²) >= 11 is 0. The van der Waals surface area contributed by atoms with Crippen LogP contribution in [-0.2, 0) is 71.5 Å². The molecule has 540 valence electrons. The maximum atomic E-state index is 12.4. The summed E-state index contributed by atoms with van der Waals surface area (Å²) in [5.74, 6) is 0.672. The molecular formula is C71H102N2O22Si3. The van der Waals surface area contributed by atoms with Gasteiger partial charge in [0.05, 0.1) is 60.9 Å². The van der Waals surface area contributed by atoms with E-state index in [0.29, 0.717) is 87.3 Å². The van der Waals surface area contributed by atoms with E-state index >= 15 is 0 Å². The molecular weight excluding hydrogens is 1320 g/mol. The maximum absolute atomic E-state index is 12.4. The number of carbonyl (C=O) groups is 4. The predicted molar refractivity (Wildman–Crippen MR) is 376 cm³/mol. The van der Waals surface area contributed by atoms with Gasteiger partial charge in [-0.2, -0.15) is 0 Å². The largest absolute Gasteiger partial charge is 0.502 e. The van der Waals surface area contributed by atoms with E-state index < -0.39 is 55.5 Å². The highest BCUT2D eigenvalue weighted by molar-refractivity contribution is 6.60. The molecule has 6 aromatic carbocycles. The first kappa shape index (κ1) is 85.0. The molecule has 0 heterocycles. The first-order valence-corrected chi connectivity index (χ1v) is 38.4. The molecule has 0 aromatic heterocycles. The van der Waals surface area contributed by atoms with Crippen LogP contribution in [0.5, 0.6) is 23.0 Å². The fourth-order valence-corrected chi connectivity index (χ4v) is 14.1. The Kier molecular flexibility index (Phi) is 40.0. The third-order valence-corrected chi connectivity index (χ3v) is 21.3. The highest BCUT2D eigenvalue weighted by atomic mass is 28.4. The highest BCUT2D eigenvalue weighted by Crippen LogP contribution is 2.43. The molecule has 9 N–H and O–H groups in total. The van der Waals surface area contributed by atoms with E-state index in [4.69, 9.17) is 77.3 Å². The zero-order valence-electron chi connectivity index (χ0n) is 58.0. The van der Waals surface area contributed by atoms with E-state index in [9.17, 15) is 28.8 Å². The molecule has 6 aromatic rings. The summed E-state index contributed by atoms with van der Waals surface area (Å²) < 4.78 is 71.0. The lowest BCUT2D eigenvalue weighted by molar-refractivity contribution is -0.149. The quantitative estimate of drug-likeness (QED) is 0.00813. The molecule has 27 heteroatoms. The maximum Gasteiger partial charge on any atom is 0.502 e. The topological polar surface area (TPSA) is 341 Å². The fraction of sp³-hybridized carbons (Fsp3) is 0.437. The van der Waals surface area contributed by atoms with Crippen molar-refractivity contribution >= 4 is 50.1 Å². The Bertz CT molecular complexity index is 3030. The molecule has 0 unspecified atom stereocenters. The van der Waals surface area contributed by atoms with Gasteiger partial charge in [0.2, 0.25) is 0 Å². The van der Waals surface area contributed by atoms with Crippen molar-refractivity contribution in [3.05, 3.63) is 191 Å². The molecule has 0 amide bonds. The Labute approximate surface area is 580 Å². The number of Topliss-reactive ketones (excluding diaryl/α,β-unsaturated/α-hetero) is 1. The zero-order chi connectivity index (χ0) is 72.3. The lowest BCUT2D eigenvalue weighted by Crippen LogP contribution is -2.47. The van der Waals surface area contributed by atoms with Gasteiger partial charge in [0, 0.05) is 65.0 Å². The molecule has 0 saturated heterocycles. The molecule has 0 saturated carbocycles. The Morgan fingerprint density at radius 2 is 0.714 bits per heavy atom. The lowest BCUT2D eigenvalue weighted by atomic mass is 9.80. The molecule has 0 aliphatic carbocycles. The van der Waals surface area contributed by atoms with E-state index in [0.717, 1.165) is 33.4 Å². The Balaban J connectivity index is 0.000000395. The van der Waals surface area contributed by atoms with Gasteiger partial charge >= 0.3 is 44.3 Å². The van der Waals surface area contributed by atoms with Crippen LogP contribution in [0.25, 0.3) is 0 Å². The van der Waals surface area contributed by atoms with Crippen molar-refractivity contribution in [2.75, 3.05) is 102 Å². The van der Waals surface area contributed by atoms with Gasteiger partial charge in [0.15, 0.2) is 0 Å². The first-order valence-electron chi connectivity index (χ1n) is 32.4. The molecule has 0 aliphatic heterocycles. The average molecular weight is 1420 g/mol. The van der Waals surface area contributed by atoms with Crippen molar-refractivity contribution in [2.24, 2.45) is 11.5 Å². The normalized spacial score (nSPS) is 11.5. The van der Waals surface area contributed by atoms with E-state index in [-0.39, 0.29) is 70.4 Å². The minimum atomic E-state index is -3.60. The van der Waals surface area contributed by atoms with Gasteiger partial charge in [-0.25, -0.2) is 0 Å². The molecule has 0 aliphatic rings. The van der Waals surface area contributed by atoms with E-state index in [1.807, 2.05) is 178 Å². The second-order valence-corrected chi connectivity index (χ2v) is 29.1. The minimum absolute atomic E-state index is 0.00461. The molecule has 0 atom stereocenters. The van der Waals surface area contributed by atoms with Gasteiger partial charge < -0.3 is 95.8 Å². The second kappa shape index (κ2) is 46.1. The number of esters is 2. The van der Waals surface area contributed by atoms with Crippen molar-refractivity contribution < 1.29 is 103 Å². The highest BCUT2D eigenvalue weighted by Gasteiger charge is 2.41. The summed E-state index contributed by atoms with van der Waals surface area (Å²) in [6.45, 7) is 8.87. The average Bonchev–Trinajstić information content (AvgIpc) is 0.763. The number of rotatable bonds is 42. The van der Waals surface area contributed by atoms with Crippen LogP contribution in [0.1, 0.15) is 106 Å². The summed E-state index contributed by atoms with van der Waals surface area (Å²) in [5, 5.41) is 8.74. The first-order chi connectivity index (χ1) is 47.1. The van der Waals surface area contributed by atoms with Crippen LogP contribution in [0.15, 0.2) is 158 Å². The molecule has 0 radical (unpaired) electrons. The van der Waals surface area contributed by atoms with Crippen molar-refractivity contribution in [2.45, 2.75) is 101 Å². The molecule has 0 bridgehead atoms. The Morgan fingerprint density at radius 1 is 0.388 bits per heavy atom. The number of unbranched alkanes of at least 4 members (excludes halogenated alkanes) is 1. The van der Waals surface area contributed by atoms with Gasteiger partial charge in [0.25, 0.3) is 0 Å². The van der Waals surface area contributed by atoms with Gasteiger partial charge in [-0.1, -0.05) is 109 Å². The number of benzene rings is 6. The Morgan fingerprint density at radius 3 is 1.01 bits per heavy atom. The van der Waals surface area contributed by atoms with Crippen LogP contribution in [0, 0.1) is 0 Å². The van der Waals surface area contributed by atoms with Crippen LogP contribution in [0.2, 0.25) is 18.1 Å². The summed E-state index contributed by atoms with van der Waals surface area (Å²) in [5.41, 5.74) is 13.8. The van der Waals surface area contributed by atoms with Crippen LogP contribution in [0.3, 0.4) is 0 Å². The molecule has 6 rings (SSSR count). The van der Waals surface area contributed by atoms with E-state index in [1.54, 1.807) is 28.4 Å². The number of carbonyl (C=O) groups excluding carboxylic acids is 3. The number of ketones is 1. The molecule has 0 spiro atoms. The summed E-state index contributed by atoms with van der Waals surface area (Å²) in [6.07, 6.45) is 1.40. The number of hydrogen-bond donors (Lipinski definition) is 7. The van der Waals surface area contributed by atoms with E-state index in [2.05, 4.69) is 8.85 Å². The van der Waals surface area contributed by atoms with Gasteiger partial charge in [-0.15, -0.1) is 0 Å². The number of nitrogens with two attached hydrogens (primary N) is 2. The van der Waals surface area contributed by atoms with Crippen LogP contribution >= 0.6 is 0 Å². The van der Waals surface area contributed by atoms with Crippen molar-refractivity contribution in [1.29, 1.82) is 0 Å². The SMILES string of the molecule is CCO[Si](CCN)(OCC)OCC.CO[Si](O)(O)CCCN.COc1ccc(C(OCCOC(=O)CCC(=O)CCCC[Si](O)(O)OC)(c2ccccc2)c2ccc(OC)cc2)cc1.COc1ccc(C(OCCOC(=O)CCC(=O)O)(c2ccccc2)c2ccc(OC)cc2)cc1. The molecule has 0 fully saturated rings. The number of aliphatic carboxylic acids is 1. The monoisotopic (exact) mass is 1420 g/mol. The predicted octanol–water partition coefficient (Wildman–Crippen LogP) is 8.96. The number of methoxy groups -OCH3 is 4. The van der Waals surface area contributed by atoms with Crippen molar-refractivity contribution in [3.8, 4) is 23.0 Å². The third kappa shape index (κ3) is 28.9. The summed E-state index contributed by atoms with van der Waals surface area (Å²) in [4.78, 5) is 84.0. The van der Waals surface area contributed by atoms with Gasteiger partial charge in [-0.3, -0.25) is 19.2 Å². The van der Waals surface area contributed by atoms with E-state index in [1.165, 1.54) is 14.2 Å². The van der Waals surface area contributed by atoms with Gasteiger partial charge in [0.1, 0.15) is 53.2 Å². The fourth-order valence-electron chi connectivity index (χ4n) is 9.96. The van der Waals surface area contributed by atoms with Crippen LogP contribution in [-0.4, -0.2) is 176 Å². The Hall–Kier alpha value is -7.27. The minimum Gasteiger partial charge on any atom is -0.497 e. The molecule has 24 nitrogen and oxygen atoms in total. The zero-order valence-corrected chi connectivity index (χ0v) is 61.0. The number of carboxylic acid groups (broad SMARTS) is 1. The number of ether oxygens (including phenoxy) is 8. The van der Waals surface area contributed by atoms with Crippen LogP contribution in [0.4, 0.5) is 0 Å². The summed E-state index contributed by atoms with van der Waals surface area (Å²) in [7, 11) is -0.302. The second-order valence-electron chi connectivity index (χ2n) is 21.6. The van der Waals surface area contributed by atoms with Crippen molar-refractivity contribution in [3.63, 3.8) is 0 Å². The third-order valence-electron chi connectivity index (χ3n) is 14.9. The smallest absolute Gasteiger partial charge is 0.497 e. The van der Waals surface area contributed by atoms with Gasteiger partial charge in [-0.05, 0) is 135 Å². The number of hydrogen-bond acceptors (Lipinski definition) is 23. The lowest BCUT2D eigenvalue weighted by Gasteiger charge is -2.36. The van der Waals surface area contributed by atoms with Crippen LogP contribution < -0.4 is 30.4 Å². The number of carboxylic acids is 1. The standard InChI is InChI=1S/C32H40O9Si.C27H28O7.C8H21NO3Si.C4H13NO3Si/c1-37-29-17-12-26(13-18-29)32(25-9-5-4-6-10-25,27-14-19-30(38-2)20-15-27)41-23-22-40-31(34)21-16-28(33)11-7-8-24-42(35,36)39-3;1-31-23-12-8-21(9-13-23)27(20-6-4-3-5-7-20,22-10-14-24(32-2)15-11-22)34-19-18-33-26(30)17-16-25(28)29;1-4-10-13(8-7-9,11-5-2)12-6-3;1-8-9(6,7)4-2-3-5/h4-6,9-10,12-15,17-20,35-36H,7-8,11,16,21-24H2,1-3H3;3-15H,16-19H2,1-2H3,(H,28,29);4-9H2,1-3H3;6-7H,2-5H2,1H3. The molecule has 98 heavy (non-hydrogen) atoms. The van der Waals surface area contributed by atoms with Crippen molar-refractivity contribution in [1.82, 2.24) is 0 Å².